The van der Waals surface area contributed by atoms with Crippen molar-refractivity contribution in [1.82, 2.24) is 0 Å². The summed E-state index contributed by atoms with van der Waals surface area (Å²) in [5.41, 5.74) is 0.104. The average Bonchev–Trinajstić information content (AvgIpc) is 2.51. The maximum atomic E-state index is 12.8. The van der Waals surface area contributed by atoms with Crippen LogP contribution in [0.4, 0.5) is 18.9 Å². The van der Waals surface area contributed by atoms with Crippen LogP contribution in [0.1, 0.15) is 6.92 Å². The van der Waals surface area contributed by atoms with Crippen LogP contribution in [0.15, 0.2) is 48.5 Å². The van der Waals surface area contributed by atoms with E-state index in [0.29, 0.717) is 5.75 Å². The lowest BCUT2D eigenvalue weighted by molar-refractivity contribution is -0.122. The molecule has 1 unspecified atom stereocenters. The zero-order chi connectivity index (χ0) is 16.8. The minimum absolute atomic E-state index is 0.104. The lowest BCUT2D eigenvalue weighted by atomic mass is 10.2. The summed E-state index contributed by atoms with van der Waals surface area (Å²) in [5, 5.41) is 2.45. The smallest absolute Gasteiger partial charge is 0.387 e. The lowest BCUT2D eigenvalue weighted by Gasteiger charge is -2.16. The van der Waals surface area contributed by atoms with Gasteiger partial charge in [0.15, 0.2) is 6.10 Å². The zero-order valence-corrected chi connectivity index (χ0v) is 12.1. The Labute approximate surface area is 130 Å². The highest BCUT2D eigenvalue weighted by Crippen LogP contribution is 2.25. The molecule has 0 saturated heterocycles. The number of rotatable bonds is 6. The van der Waals surface area contributed by atoms with Crippen molar-refractivity contribution < 1.29 is 27.4 Å². The maximum Gasteiger partial charge on any atom is 0.387 e. The summed E-state index contributed by atoms with van der Waals surface area (Å²) in [7, 11) is 0. The number of amides is 1. The predicted molar refractivity (Wildman–Crippen MR) is 78.2 cm³/mol. The van der Waals surface area contributed by atoms with Crippen LogP contribution in [0.25, 0.3) is 0 Å². The summed E-state index contributed by atoms with van der Waals surface area (Å²) in [6.45, 7) is -1.52. The fourth-order valence-electron chi connectivity index (χ4n) is 1.77. The number of alkyl halides is 2. The highest BCUT2D eigenvalue weighted by atomic mass is 19.3. The first-order valence-electron chi connectivity index (χ1n) is 6.72. The van der Waals surface area contributed by atoms with Gasteiger partial charge in [0.1, 0.15) is 17.3 Å². The highest BCUT2D eigenvalue weighted by Gasteiger charge is 2.17. The Morgan fingerprint density at radius 2 is 1.70 bits per heavy atom. The predicted octanol–water partition coefficient (Wildman–Crippen LogP) is 3.83. The first-order valence-corrected chi connectivity index (χ1v) is 6.72. The van der Waals surface area contributed by atoms with Gasteiger partial charge in [-0.2, -0.15) is 8.78 Å². The van der Waals surface area contributed by atoms with Gasteiger partial charge in [0, 0.05) is 0 Å². The summed E-state index contributed by atoms with van der Waals surface area (Å²) in [6, 6.07) is 11.0. The number of halogens is 3. The summed E-state index contributed by atoms with van der Waals surface area (Å²) in [6.07, 6.45) is -0.917. The average molecular weight is 325 g/mol. The van der Waals surface area contributed by atoms with Gasteiger partial charge in [-0.05, 0) is 43.3 Å². The summed E-state index contributed by atoms with van der Waals surface area (Å²) in [4.78, 5) is 12.1. The molecule has 1 N–H and O–H groups in total. The van der Waals surface area contributed by atoms with Gasteiger partial charge in [0.05, 0.1) is 5.69 Å². The Bertz CT molecular complexity index is 662. The van der Waals surface area contributed by atoms with Crippen molar-refractivity contribution in [2.45, 2.75) is 19.6 Å². The number of para-hydroxylation sites is 2. The van der Waals surface area contributed by atoms with E-state index in [2.05, 4.69) is 10.1 Å². The Balaban J connectivity index is 2.02. The van der Waals surface area contributed by atoms with Crippen LogP contribution < -0.4 is 14.8 Å². The van der Waals surface area contributed by atoms with Crippen molar-refractivity contribution in [3.05, 3.63) is 54.3 Å². The van der Waals surface area contributed by atoms with Crippen LogP contribution in [0.2, 0.25) is 0 Å². The number of benzene rings is 2. The monoisotopic (exact) mass is 325 g/mol. The fraction of sp³-hybridized carbons (Fsp3) is 0.188. The van der Waals surface area contributed by atoms with Crippen molar-refractivity contribution in [3.63, 3.8) is 0 Å². The molecule has 0 aromatic heterocycles. The van der Waals surface area contributed by atoms with E-state index in [0.717, 1.165) is 0 Å². The number of nitrogens with one attached hydrogen (secondary N) is 1. The van der Waals surface area contributed by atoms with E-state index in [1.807, 2.05) is 0 Å². The van der Waals surface area contributed by atoms with Crippen molar-refractivity contribution in [1.29, 1.82) is 0 Å². The number of hydrogen-bond acceptors (Lipinski definition) is 3. The van der Waals surface area contributed by atoms with E-state index in [1.165, 1.54) is 49.4 Å². The van der Waals surface area contributed by atoms with E-state index >= 15 is 0 Å². The van der Waals surface area contributed by atoms with Gasteiger partial charge in [-0.25, -0.2) is 4.39 Å². The van der Waals surface area contributed by atoms with Crippen molar-refractivity contribution in [2.24, 2.45) is 0 Å². The molecule has 1 amide bonds. The normalized spacial score (nSPS) is 11.9. The maximum absolute atomic E-state index is 12.8. The van der Waals surface area contributed by atoms with E-state index in [1.54, 1.807) is 6.07 Å². The molecule has 0 saturated carbocycles. The van der Waals surface area contributed by atoms with Crippen molar-refractivity contribution in [2.75, 3.05) is 5.32 Å². The van der Waals surface area contributed by atoms with Crippen molar-refractivity contribution >= 4 is 11.6 Å². The minimum atomic E-state index is -3.00. The molecule has 0 heterocycles. The van der Waals surface area contributed by atoms with E-state index < -0.39 is 24.4 Å². The van der Waals surface area contributed by atoms with E-state index in [4.69, 9.17) is 4.74 Å². The molecule has 2 rings (SSSR count). The van der Waals surface area contributed by atoms with Gasteiger partial charge < -0.3 is 14.8 Å². The Morgan fingerprint density at radius 3 is 2.35 bits per heavy atom. The lowest BCUT2D eigenvalue weighted by Crippen LogP contribution is -2.30. The molecule has 0 aliphatic heterocycles. The second-order valence-electron chi connectivity index (χ2n) is 4.58. The topological polar surface area (TPSA) is 47.6 Å². The number of carbonyl (C=O) groups excluding carboxylic acids is 1. The summed E-state index contributed by atoms with van der Waals surface area (Å²) in [5.74, 6) is -0.817. The summed E-state index contributed by atoms with van der Waals surface area (Å²) >= 11 is 0. The van der Waals surface area contributed by atoms with Crippen LogP contribution >= 0.6 is 0 Å². The van der Waals surface area contributed by atoms with Crippen LogP contribution in [-0.4, -0.2) is 18.6 Å². The van der Waals surface area contributed by atoms with Crippen LogP contribution in [0.5, 0.6) is 11.5 Å². The number of hydrogen-bond donors (Lipinski definition) is 1. The molecule has 0 fully saturated rings. The van der Waals surface area contributed by atoms with Gasteiger partial charge in [-0.15, -0.1) is 0 Å². The third-order valence-corrected chi connectivity index (χ3v) is 2.86. The standard InChI is InChI=1S/C16H14F3NO3/c1-10(22-12-8-6-11(17)7-9-12)15(21)20-13-4-2-3-5-14(13)23-16(18)19/h2-10,16H,1H3,(H,20,21). The zero-order valence-electron chi connectivity index (χ0n) is 12.1. The largest absolute Gasteiger partial charge is 0.481 e. The SMILES string of the molecule is CC(Oc1ccc(F)cc1)C(=O)Nc1ccccc1OC(F)F. The van der Waals surface area contributed by atoms with Crippen molar-refractivity contribution in [3.8, 4) is 11.5 Å². The van der Waals surface area contributed by atoms with Gasteiger partial charge >= 0.3 is 6.61 Å². The van der Waals surface area contributed by atoms with Crippen LogP contribution in [0, 0.1) is 5.82 Å². The first kappa shape index (κ1) is 16.7. The molecule has 2 aromatic carbocycles. The van der Waals surface area contributed by atoms with Gasteiger partial charge in [-0.3, -0.25) is 4.79 Å². The number of carbonyl (C=O) groups is 1. The first-order chi connectivity index (χ1) is 11.0. The molecule has 7 heteroatoms. The quantitative estimate of drug-likeness (QED) is 0.878. The fourth-order valence-corrected chi connectivity index (χ4v) is 1.77. The molecule has 2 aromatic rings. The highest BCUT2D eigenvalue weighted by molar-refractivity contribution is 5.95. The summed E-state index contributed by atoms with van der Waals surface area (Å²) < 4.78 is 47.1. The molecule has 0 radical (unpaired) electrons. The Kier molecular flexibility index (Phi) is 5.46. The Hall–Kier alpha value is -2.70. The molecule has 0 spiro atoms. The molecular formula is C16H14F3NO3. The third-order valence-electron chi connectivity index (χ3n) is 2.86. The van der Waals surface area contributed by atoms with E-state index in [9.17, 15) is 18.0 Å². The second kappa shape index (κ2) is 7.53. The number of anilines is 1. The molecule has 0 bridgehead atoms. The molecule has 1 atom stereocenters. The minimum Gasteiger partial charge on any atom is -0.481 e. The molecule has 0 aliphatic carbocycles. The third kappa shape index (κ3) is 4.91. The van der Waals surface area contributed by atoms with Gasteiger partial charge in [-0.1, -0.05) is 12.1 Å². The van der Waals surface area contributed by atoms with Gasteiger partial charge in [0.25, 0.3) is 5.91 Å². The molecule has 4 nitrogen and oxygen atoms in total. The van der Waals surface area contributed by atoms with Gasteiger partial charge in [0.2, 0.25) is 0 Å². The van der Waals surface area contributed by atoms with Crippen LogP contribution in [0.3, 0.4) is 0 Å². The second-order valence-corrected chi connectivity index (χ2v) is 4.58. The molecular weight excluding hydrogens is 311 g/mol. The molecule has 23 heavy (non-hydrogen) atoms. The Morgan fingerprint density at radius 1 is 1.04 bits per heavy atom. The molecule has 0 aliphatic rings. The molecule has 122 valence electrons. The van der Waals surface area contributed by atoms with Crippen LogP contribution in [-0.2, 0) is 4.79 Å². The van der Waals surface area contributed by atoms with E-state index in [-0.39, 0.29) is 11.4 Å². The number of ether oxygens (including phenoxy) is 2.